The standard InChI is InChI=1S/C26H33NO4/c1-3-25(4-2)17-15-21(16-18-25)24(29)31-26(27,22-13-9-6-10-14-22)23(30-19-28)20-11-7-5-8-12-20/h5-14,19,21,23H,3-4,15-18,27H2,1-2H3/t23-,26-/m1/s1. The van der Waals surface area contributed by atoms with Gasteiger partial charge < -0.3 is 9.47 Å². The van der Waals surface area contributed by atoms with E-state index >= 15 is 0 Å². The van der Waals surface area contributed by atoms with E-state index < -0.39 is 11.8 Å². The van der Waals surface area contributed by atoms with Gasteiger partial charge in [-0.25, -0.2) is 0 Å². The van der Waals surface area contributed by atoms with Crippen molar-refractivity contribution in [2.75, 3.05) is 0 Å². The maximum atomic E-state index is 13.3. The molecule has 0 radical (unpaired) electrons. The highest BCUT2D eigenvalue weighted by molar-refractivity contribution is 5.73. The second-order valence-corrected chi connectivity index (χ2v) is 8.58. The monoisotopic (exact) mass is 423 g/mol. The summed E-state index contributed by atoms with van der Waals surface area (Å²) in [4.78, 5) is 24.6. The number of carbonyl (C=O) groups excluding carboxylic acids is 2. The Morgan fingerprint density at radius 1 is 1.06 bits per heavy atom. The predicted octanol–water partition coefficient (Wildman–Crippen LogP) is 5.25. The van der Waals surface area contributed by atoms with Crippen LogP contribution in [0.5, 0.6) is 0 Å². The van der Waals surface area contributed by atoms with Crippen molar-refractivity contribution in [3.63, 3.8) is 0 Å². The van der Waals surface area contributed by atoms with Gasteiger partial charge in [0.25, 0.3) is 6.47 Å². The number of carbonyl (C=O) groups is 2. The topological polar surface area (TPSA) is 78.6 Å². The number of esters is 1. The average molecular weight is 424 g/mol. The minimum Gasteiger partial charge on any atom is -0.453 e. The SMILES string of the molecule is CCC1(CC)CCC(C(=O)O[C@](N)(c2ccccc2)[C@H](OC=O)c2ccccc2)CC1. The molecule has 1 fully saturated rings. The molecule has 0 spiro atoms. The molecule has 2 aromatic carbocycles. The first-order valence-electron chi connectivity index (χ1n) is 11.2. The van der Waals surface area contributed by atoms with Gasteiger partial charge in [-0.2, -0.15) is 0 Å². The Kier molecular flexibility index (Phi) is 7.50. The first-order valence-corrected chi connectivity index (χ1v) is 11.2. The van der Waals surface area contributed by atoms with Gasteiger partial charge in [0.15, 0.2) is 6.10 Å². The molecule has 3 rings (SSSR count). The van der Waals surface area contributed by atoms with Gasteiger partial charge in [0.05, 0.1) is 5.92 Å². The van der Waals surface area contributed by atoms with Crippen molar-refractivity contribution in [1.29, 1.82) is 0 Å². The second-order valence-electron chi connectivity index (χ2n) is 8.58. The molecule has 2 atom stereocenters. The number of hydrogen-bond donors (Lipinski definition) is 1. The predicted molar refractivity (Wildman–Crippen MR) is 120 cm³/mol. The summed E-state index contributed by atoms with van der Waals surface area (Å²) in [6.45, 7) is 4.81. The van der Waals surface area contributed by atoms with Crippen LogP contribution in [0.4, 0.5) is 0 Å². The van der Waals surface area contributed by atoms with Gasteiger partial charge in [0.1, 0.15) is 0 Å². The highest BCUT2D eigenvalue weighted by Gasteiger charge is 2.45. The summed E-state index contributed by atoms with van der Waals surface area (Å²) in [5, 5.41) is 0. The molecule has 166 valence electrons. The Hall–Kier alpha value is -2.66. The molecular formula is C26H33NO4. The first kappa shape index (κ1) is 23.0. The van der Waals surface area contributed by atoms with Crippen LogP contribution in [0.2, 0.25) is 0 Å². The third kappa shape index (κ3) is 4.99. The lowest BCUT2D eigenvalue weighted by Crippen LogP contribution is -2.49. The quantitative estimate of drug-likeness (QED) is 0.338. The molecule has 1 aliphatic carbocycles. The largest absolute Gasteiger partial charge is 0.453 e. The van der Waals surface area contributed by atoms with Crippen molar-refractivity contribution in [1.82, 2.24) is 0 Å². The molecule has 5 nitrogen and oxygen atoms in total. The van der Waals surface area contributed by atoms with Gasteiger partial charge >= 0.3 is 5.97 Å². The molecule has 0 saturated heterocycles. The summed E-state index contributed by atoms with van der Waals surface area (Å²) in [6.07, 6.45) is 4.88. The van der Waals surface area contributed by atoms with E-state index in [4.69, 9.17) is 15.2 Å². The third-order valence-corrected chi connectivity index (χ3v) is 7.06. The molecule has 1 aliphatic rings. The molecule has 31 heavy (non-hydrogen) atoms. The Morgan fingerprint density at radius 2 is 1.61 bits per heavy atom. The Morgan fingerprint density at radius 3 is 2.13 bits per heavy atom. The summed E-state index contributed by atoms with van der Waals surface area (Å²) in [5.41, 5.74) is 6.69. The van der Waals surface area contributed by atoms with E-state index in [-0.39, 0.29) is 11.9 Å². The van der Waals surface area contributed by atoms with Crippen molar-refractivity contribution in [2.45, 2.75) is 64.2 Å². The lowest BCUT2D eigenvalue weighted by Gasteiger charge is -2.40. The molecule has 0 aromatic heterocycles. The van der Waals surface area contributed by atoms with Gasteiger partial charge in [0, 0.05) is 5.56 Å². The summed E-state index contributed by atoms with van der Waals surface area (Å²) >= 11 is 0. The van der Waals surface area contributed by atoms with Crippen LogP contribution in [0.3, 0.4) is 0 Å². The van der Waals surface area contributed by atoms with E-state index in [9.17, 15) is 9.59 Å². The van der Waals surface area contributed by atoms with Crippen molar-refractivity contribution < 1.29 is 19.1 Å². The fraction of sp³-hybridized carbons (Fsp3) is 0.462. The fourth-order valence-electron chi connectivity index (χ4n) is 4.75. The highest BCUT2D eigenvalue weighted by atomic mass is 16.6. The van der Waals surface area contributed by atoms with Crippen LogP contribution in [0.1, 0.15) is 69.6 Å². The Balaban J connectivity index is 1.89. The summed E-state index contributed by atoms with van der Waals surface area (Å²) in [5.74, 6) is -0.534. The van der Waals surface area contributed by atoms with Crippen LogP contribution in [0, 0.1) is 11.3 Å². The second kappa shape index (κ2) is 10.1. The summed E-state index contributed by atoms with van der Waals surface area (Å²) < 4.78 is 11.4. The van der Waals surface area contributed by atoms with Gasteiger partial charge in [-0.05, 0) is 36.7 Å². The fourth-order valence-corrected chi connectivity index (χ4v) is 4.75. The molecule has 2 N–H and O–H groups in total. The van der Waals surface area contributed by atoms with E-state index in [2.05, 4.69) is 13.8 Å². The zero-order valence-electron chi connectivity index (χ0n) is 18.5. The van der Waals surface area contributed by atoms with E-state index in [0.29, 0.717) is 23.0 Å². The van der Waals surface area contributed by atoms with E-state index in [0.717, 1.165) is 38.5 Å². The molecule has 0 heterocycles. The van der Waals surface area contributed by atoms with Crippen molar-refractivity contribution in [2.24, 2.45) is 17.1 Å². The smallest absolute Gasteiger partial charge is 0.311 e. The van der Waals surface area contributed by atoms with Gasteiger partial charge in [0.2, 0.25) is 5.72 Å². The van der Waals surface area contributed by atoms with Crippen LogP contribution in [0.15, 0.2) is 60.7 Å². The normalized spacial score (nSPS) is 19.1. The Labute approximate surface area is 184 Å². The minimum atomic E-state index is -1.63. The number of ether oxygens (including phenoxy) is 2. The lowest BCUT2D eigenvalue weighted by molar-refractivity contribution is -0.190. The molecule has 0 unspecified atom stereocenters. The zero-order chi connectivity index (χ0) is 22.3. The number of benzene rings is 2. The maximum Gasteiger partial charge on any atom is 0.311 e. The molecule has 0 bridgehead atoms. The van der Waals surface area contributed by atoms with Crippen molar-refractivity contribution in [3.8, 4) is 0 Å². The number of nitrogens with two attached hydrogens (primary N) is 1. The first-order chi connectivity index (χ1) is 15.0. The molecule has 1 saturated carbocycles. The van der Waals surface area contributed by atoms with Gasteiger partial charge in [-0.3, -0.25) is 15.3 Å². The number of hydrogen-bond acceptors (Lipinski definition) is 5. The lowest BCUT2D eigenvalue weighted by atomic mass is 9.67. The summed E-state index contributed by atoms with van der Waals surface area (Å²) in [7, 11) is 0. The van der Waals surface area contributed by atoms with E-state index in [1.54, 1.807) is 12.1 Å². The molecule has 0 aliphatic heterocycles. The summed E-state index contributed by atoms with van der Waals surface area (Å²) in [6, 6.07) is 18.2. The van der Waals surface area contributed by atoms with Crippen LogP contribution >= 0.6 is 0 Å². The van der Waals surface area contributed by atoms with Crippen LogP contribution in [0.25, 0.3) is 0 Å². The average Bonchev–Trinajstić information content (AvgIpc) is 2.83. The van der Waals surface area contributed by atoms with Gasteiger partial charge in [-0.1, -0.05) is 87.4 Å². The molecule has 0 amide bonds. The Bertz CT molecular complexity index is 840. The van der Waals surface area contributed by atoms with Crippen LogP contribution < -0.4 is 5.73 Å². The molecule has 5 heteroatoms. The zero-order valence-corrected chi connectivity index (χ0v) is 18.5. The maximum absolute atomic E-state index is 13.3. The van der Waals surface area contributed by atoms with Crippen LogP contribution in [-0.2, 0) is 24.8 Å². The highest BCUT2D eigenvalue weighted by Crippen LogP contribution is 2.45. The van der Waals surface area contributed by atoms with Crippen LogP contribution in [-0.4, -0.2) is 12.4 Å². The van der Waals surface area contributed by atoms with E-state index in [1.165, 1.54) is 0 Å². The van der Waals surface area contributed by atoms with Crippen molar-refractivity contribution in [3.05, 3.63) is 71.8 Å². The number of rotatable bonds is 9. The minimum absolute atomic E-state index is 0.203. The van der Waals surface area contributed by atoms with E-state index in [1.807, 2.05) is 48.5 Å². The van der Waals surface area contributed by atoms with Gasteiger partial charge in [-0.15, -0.1) is 0 Å². The third-order valence-electron chi connectivity index (χ3n) is 7.06. The van der Waals surface area contributed by atoms with Crippen molar-refractivity contribution >= 4 is 12.4 Å². The molecule has 2 aromatic rings. The molecular weight excluding hydrogens is 390 g/mol.